The van der Waals surface area contributed by atoms with Crippen LogP contribution in [0, 0.1) is 6.92 Å². The molecule has 17 heavy (non-hydrogen) atoms. The van der Waals surface area contributed by atoms with Crippen molar-refractivity contribution >= 4 is 11.6 Å². The van der Waals surface area contributed by atoms with E-state index < -0.39 is 18.6 Å². The fourth-order valence-corrected chi connectivity index (χ4v) is 1.92. The van der Waals surface area contributed by atoms with Gasteiger partial charge in [0, 0.05) is 17.5 Å². The lowest BCUT2D eigenvalue weighted by atomic mass is 10.0. The largest absolute Gasteiger partial charge is 0.389 e. The van der Waals surface area contributed by atoms with Gasteiger partial charge in [-0.05, 0) is 36.6 Å². The van der Waals surface area contributed by atoms with Crippen LogP contribution in [0.25, 0.3) is 0 Å². The number of alkyl halides is 3. The maximum atomic E-state index is 12.1. The average Bonchev–Trinajstić information content (AvgIpc) is 2.15. The normalized spacial score (nSPS) is 13.8. The van der Waals surface area contributed by atoms with Gasteiger partial charge in [0.15, 0.2) is 0 Å². The van der Waals surface area contributed by atoms with E-state index in [1.807, 2.05) is 6.92 Å². The summed E-state index contributed by atoms with van der Waals surface area (Å²) in [5, 5.41) is 0.493. The highest BCUT2D eigenvalue weighted by atomic mass is 35.5. The van der Waals surface area contributed by atoms with Crippen molar-refractivity contribution in [3.05, 3.63) is 34.3 Å². The predicted octanol–water partition coefficient (Wildman–Crippen LogP) is 3.50. The number of hydrogen-bond donors (Lipinski definition) is 2. The number of rotatable bonds is 4. The van der Waals surface area contributed by atoms with Crippen molar-refractivity contribution in [2.45, 2.75) is 32.0 Å². The second kappa shape index (κ2) is 5.71. The summed E-state index contributed by atoms with van der Waals surface area (Å²) >= 11 is 5.85. The summed E-state index contributed by atoms with van der Waals surface area (Å²) in [6.45, 7) is 1.83. The molecule has 0 amide bonds. The fraction of sp³-hybridized carbons (Fsp3) is 0.455. The summed E-state index contributed by atoms with van der Waals surface area (Å²) in [6.07, 6.45) is -5.17. The Hall–Kier alpha value is -0.780. The van der Waals surface area contributed by atoms with E-state index in [-0.39, 0.29) is 6.42 Å². The number of hydrazine groups is 1. The molecule has 6 heteroatoms. The molecule has 0 saturated carbocycles. The topological polar surface area (TPSA) is 38.0 Å². The van der Waals surface area contributed by atoms with E-state index in [1.165, 1.54) is 0 Å². The quantitative estimate of drug-likeness (QED) is 0.647. The summed E-state index contributed by atoms with van der Waals surface area (Å²) in [6, 6.07) is 4.58. The van der Waals surface area contributed by atoms with Gasteiger partial charge in [-0.15, -0.1) is 0 Å². The highest BCUT2D eigenvalue weighted by molar-refractivity contribution is 6.30. The maximum Gasteiger partial charge on any atom is 0.389 e. The fourth-order valence-electron chi connectivity index (χ4n) is 1.62. The van der Waals surface area contributed by atoms with Gasteiger partial charge in [-0.25, -0.2) is 0 Å². The molecule has 2 nitrogen and oxygen atoms in total. The number of aryl methyl sites for hydroxylation is 1. The van der Waals surface area contributed by atoms with Crippen molar-refractivity contribution in [1.82, 2.24) is 5.43 Å². The SMILES string of the molecule is Cc1cc(Cl)cc(C(CCC(F)(F)F)NN)c1. The summed E-state index contributed by atoms with van der Waals surface area (Å²) in [5.41, 5.74) is 3.94. The highest BCUT2D eigenvalue weighted by Gasteiger charge is 2.28. The van der Waals surface area contributed by atoms with Gasteiger partial charge in [-0.1, -0.05) is 17.7 Å². The van der Waals surface area contributed by atoms with Gasteiger partial charge < -0.3 is 0 Å². The third-order valence-corrected chi connectivity index (χ3v) is 2.60. The number of nitrogens with two attached hydrogens (primary N) is 1. The highest BCUT2D eigenvalue weighted by Crippen LogP contribution is 2.28. The molecule has 0 fully saturated rings. The number of hydrogen-bond acceptors (Lipinski definition) is 2. The molecule has 0 aliphatic heterocycles. The number of benzene rings is 1. The minimum atomic E-state index is -4.18. The van der Waals surface area contributed by atoms with Gasteiger partial charge >= 0.3 is 6.18 Å². The monoisotopic (exact) mass is 266 g/mol. The molecule has 0 bridgehead atoms. The van der Waals surface area contributed by atoms with Crippen LogP contribution in [0.5, 0.6) is 0 Å². The first-order valence-corrected chi connectivity index (χ1v) is 5.49. The van der Waals surface area contributed by atoms with Crippen molar-refractivity contribution in [2.75, 3.05) is 0 Å². The summed E-state index contributed by atoms with van der Waals surface area (Å²) in [4.78, 5) is 0. The average molecular weight is 267 g/mol. The first-order valence-electron chi connectivity index (χ1n) is 5.12. The van der Waals surface area contributed by atoms with Gasteiger partial charge in [-0.3, -0.25) is 11.3 Å². The van der Waals surface area contributed by atoms with Gasteiger partial charge in [0.05, 0.1) is 0 Å². The Kier molecular flexibility index (Phi) is 4.80. The van der Waals surface area contributed by atoms with E-state index in [0.717, 1.165) is 5.56 Å². The smallest absolute Gasteiger partial charge is 0.271 e. The lowest BCUT2D eigenvalue weighted by molar-refractivity contribution is -0.136. The second-order valence-electron chi connectivity index (χ2n) is 3.94. The Morgan fingerprint density at radius 2 is 2.00 bits per heavy atom. The van der Waals surface area contributed by atoms with Crippen LogP contribution in [0.4, 0.5) is 13.2 Å². The molecule has 1 aromatic rings. The van der Waals surface area contributed by atoms with Crippen LogP contribution in [-0.2, 0) is 0 Å². The first kappa shape index (κ1) is 14.3. The first-order chi connectivity index (χ1) is 7.81. The van der Waals surface area contributed by atoms with E-state index in [0.29, 0.717) is 10.6 Å². The zero-order chi connectivity index (χ0) is 13.1. The molecule has 1 rings (SSSR count). The molecule has 3 N–H and O–H groups in total. The minimum absolute atomic E-state index is 0.111. The van der Waals surface area contributed by atoms with Crippen LogP contribution in [0.15, 0.2) is 18.2 Å². The molecular weight excluding hydrogens is 253 g/mol. The van der Waals surface area contributed by atoms with Crippen molar-refractivity contribution < 1.29 is 13.2 Å². The Labute approximate surface area is 103 Å². The van der Waals surface area contributed by atoms with Crippen LogP contribution in [0.2, 0.25) is 5.02 Å². The molecule has 1 aromatic carbocycles. The Morgan fingerprint density at radius 1 is 1.35 bits per heavy atom. The number of nitrogens with one attached hydrogen (secondary N) is 1. The van der Waals surface area contributed by atoms with Crippen LogP contribution in [0.3, 0.4) is 0 Å². The van der Waals surface area contributed by atoms with Crippen molar-refractivity contribution in [1.29, 1.82) is 0 Å². The number of halogens is 4. The molecular formula is C11H14ClF3N2. The molecule has 0 radical (unpaired) electrons. The lowest BCUT2D eigenvalue weighted by Gasteiger charge is -2.18. The van der Waals surface area contributed by atoms with Crippen molar-refractivity contribution in [3.8, 4) is 0 Å². The van der Waals surface area contributed by atoms with Crippen LogP contribution in [0.1, 0.15) is 30.0 Å². The van der Waals surface area contributed by atoms with E-state index in [2.05, 4.69) is 5.43 Å². The molecule has 0 aliphatic carbocycles. The Balaban J connectivity index is 2.79. The lowest BCUT2D eigenvalue weighted by Crippen LogP contribution is -2.29. The second-order valence-corrected chi connectivity index (χ2v) is 4.37. The van der Waals surface area contributed by atoms with Gasteiger partial charge in [0.25, 0.3) is 0 Å². The molecule has 0 aliphatic rings. The third kappa shape index (κ3) is 4.93. The van der Waals surface area contributed by atoms with Crippen LogP contribution < -0.4 is 11.3 Å². The molecule has 0 heterocycles. The standard InChI is InChI=1S/C11H14ClF3N2/c1-7-4-8(6-9(12)5-7)10(17-16)2-3-11(13,14)15/h4-6,10,17H,2-3,16H2,1H3. The molecule has 1 unspecified atom stereocenters. The van der Waals surface area contributed by atoms with E-state index in [4.69, 9.17) is 17.4 Å². The summed E-state index contributed by atoms with van der Waals surface area (Å²) in [7, 11) is 0. The molecule has 1 atom stereocenters. The van der Waals surface area contributed by atoms with Gasteiger partial charge in [-0.2, -0.15) is 13.2 Å². The van der Waals surface area contributed by atoms with E-state index >= 15 is 0 Å². The predicted molar refractivity (Wildman–Crippen MR) is 61.5 cm³/mol. The summed E-state index contributed by atoms with van der Waals surface area (Å²) < 4.78 is 36.4. The van der Waals surface area contributed by atoms with E-state index in [9.17, 15) is 13.2 Å². The van der Waals surface area contributed by atoms with Crippen LogP contribution in [-0.4, -0.2) is 6.18 Å². The zero-order valence-corrected chi connectivity index (χ0v) is 10.1. The Bertz CT molecular complexity index is 359. The van der Waals surface area contributed by atoms with Crippen molar-refractivity contribution in [2.24, 2.45) is 5.84 Å². The Morgan fingerprint density at radius 3 is 2.47 bits per heavy atom. The van der Waals surface area contributed by atoms with E-state index in [1.54, 1.807) is 18.2 Å². The van der Waals surface area contributed by atoms with Gasteiger partial charge in [0.2, 0.25) is 0 Å². The minimum Gasteiger partial charge on any atom is -0.271 e. The maximum absolute atomic E-state index is 12.1. The molecule has 0 aromatic heterocycles. The molecule has 96 valence electrons. The van der Waals surface area contributed by atoms with Gasteiger partial charge in [0.1, 0.15) is 0 Å². The molecule has 0 spiro atoms. The summed E-state index contributed by atoms with van der Waals surface area (Å²) in [5.74, 6) is 5.27. The zero-order valence-electron chi connectivity index (χ0n) is 9.31. The van der Waals surface area contributed by atoms with Crippen molar-refractivity contribution in [3.63, 3.8) is 0 Å². The molecule has 0 saturated heterocycles. The third-order valence-electron chi connectivity index (χ3n) is 2.38. The van der Waals surface area contributed by atoms with Crippen LogP contribution >= 0.6 is 11.6 Å².